The van der Waals surface area contributed by atoms with Crippen molar-refractivity contribution in [3.05, 3.63) is 46.6 Å². The number of nitrogen functional groups attached to an aromatic ring is 1. The third kappa shape index (κ3) is 4.80. The summed E-state index contributed by atoms with van der Waals surface area (Å²) in [5.74, 6) is -0.308. The van der Waals surface area contributed by atoms with Crippen molar-refractivity contribution in [1.82, 2.24) is 19.9 Å². The number of anilines is 1. The quantitative estimate of drug-likeness (QED) is 0.456. The van der Waals surface area contributed by atoms with Gasteiger partial charge in [0.1, 0.15) is 16.7 Å². The maximum atomic E-state index is 12.1. The standard InChI is InChI=1S/C23H30N6O2/c1-2-3-12-31-23-27-18-17(19(22(25)30)26-20(18)21(24)28-23)13-15-6-8-16(9-7-15)14-29-10-4-5-11-29/h6-9,26H,2-5,10-14H2,1H3,(H2,25,30)(H2,24,27,28). The van der Waals surface area contributed by atoms with Gasteiger partial charge in [0.25, 0.3) is 5.91 Å². The Labute approximate surface area is 182 Å². The van der Waals surface area contributed by atoms with E-state index in [-0.39, 0.29) is 11.8 Å². The molecule has 1 saturated heterocycles. The molecule has 3 aromatic rings. The van der Waals surface area contributed by atoms with E-state index in [1.807, 2.05) is 0 Å². The van der Waals surface area contributed by atoms with Crippen LogP contribution in [0.3, 0.4) is 0 Å². The summed E-state index contributed by atoms with van der Waals surface area (Å²) in [5, 5.41) is 0. The first-order valence-electron chi connectivity index (χ1n) is 11.0. The van der Waals surface area contributed by atoms with Crippen LogP contribution in [0.1, 0.15) is 59.8 Å². The van der Waals surface area contributed by atoms with Crippen molar-refractivity contribution in [2.24, 2.45) is 5.73 Å². The third-order valence-corrected chi connectivity index (χ3v) is 5.74. The Bertz CT molecular complexity index is 1050. The normalized spacial score (nSPS) is 14.4. The number of hydrogen-bond acceptors (Lipinski definition) is 6. The van der Waals surface area contributed by atoms with Crippen LogP contribution >= 0.6 is 0 Å². The second kappa shape index (κ2) is 9.34. The van der Waals surface area contributed by atoms with Gasteiger partial charge in [0.15, 0.2) is 5.82 Å². The second-order valence-electron chi connectivity index (χ2n) is 8.14. The molecule has 0 bridgehead atoms. The highest BCUT2D eigenvalue weighted by molar-refractivity contribution is 6.01. The molecule has 3 heterocycles. The summed E-state index contributed by atoms with van der Waals surface area (Å²) in [5.41, 5.74) is 16.2. The number of primary amides is 1. The summed E-state index contributed by atoms with van der Waals surface area (Å²) in [6.07, 6.45) is 4.98. The number of likely N-dealkylation sites (tertiary alicyclic amines) is 1. The van der Waals surface area contributed by atoms with Gasteiger partial charge in [-0.1, -0.05) is 37.6 Å². The number of amides is 1. The smallest absolute Gasteiger partial charge is 0.319 e. The summed E-state index contributed by atoms with van der Waals surface area (Å²) in [6, 6.07) is 8.70. The lowest BCUT2D eigenvalue weighted by Gasteiger charge is -2.14. The van der Waals surface area contributed by atoms with Crippen LogP contribution in [0, 0.1) is 0 Å². The van der Waals surface area contributed by atoms with Gasteiger partial charge in [-0.25, -0.2) is 0 Å². The number of nitrogens with one attached hydrogen (secondary N) is 1. The lowest BCUT2D eigenvalue weighted by molar-refractivity contribution is 0.0995. The summed E-state index contributed by atoms with van der Waals surface area (Å²) in [7, 11) is 0. The highest BCUT2D eigenvalue weighted by Gasteiger charge is 2.21. The SMILES string of the molecule is CCCCOc1nc(N)c2[nH]c(C(N)=O)c(Cc3ccc(CN4CCCC4)cc3)c2n1. The van der Waals surface area contributed by atoms with E-state index in [9.17, 15) is 4.79 Å². The number of nitrogens with two attached hydrogens (primary N) is 2. The van der Waals surface area contributed by atoms with Crippen molar-refractivity contribution in [3.63, 3.8) is 0 Å². The van der Waals surface area contributed by atoms with Crippen molar-refractivity contribution in [2.45, 2.75) is 45.6 Å². The molecule has 0 atom stereocenters. The average Bonchev–Trinajstić information content (AvgIpc) is 3.38. The number of nitrogens with zero attached hydrogens (tertiary/aromatic N) is 3. The molecule has 1 aliphatic rings. The van der Waals surface area contributed by atoms with E-state index >= 15 is 0 Å². The van der Waals surface area contributed by atoms with Crippen LogP contribution < -0.4 is 16.2 Å². The Morgan fingerprint density at radius 1 is 1.16 bits per heavy atom. The van der Waals surface area contributed by atoms with Gasteiger partial charge in [-0.05, 0) is 43.5 Å². The highest BCUT2D eigenvalue weighted by atomic mass is 16.5. The van der Waals surface area contributed by atoms with Crippen LogP contribution in [-0.4, -0.2) is 45.5 Å². The number of aromatic nitrogens is 3. The number of ether oxygens (including phenoxy) is 1. The predicted molar refractivity (Wildman–Crippen MR) is 121 cm³/mol. The lowest BCUT2D eigenvalue weighted by atomic mass is 10.0. The molecule has 1 aliphatic heterocycles. The van der Waals surface area contributed by atoms with Gasteiger partial charge in [-0.15, -0.1) is 0 Å². The number of unbranched alkanes of at least 4 members (excludes halogenated alkanes) is 1. The maximum Gasteiger partial charge on any atom is 0.319 e. The number of aromatic amines is 1. The number of H-pyrrole nitrogens is 1. The monoisotopic (exact) mass is 422 g/mol. The first kappa shape index (κ1) is 21.1. The zero-order valence-corrected chi connectivity index (χ0v) is 18.0. The Hall–Kier alpha value is -3.13. The average molecular weight is 423 g/mol. The molecule has 5 N–H and O–H groups in total. The van der Waals surface area contributed by atoms with E-state index in [1.54, 1.807) is 0 Å². The molecular formula is C23H30N6O2. The molecule has 1 fully saturated rings. The minimum Gasteiger partial charge on any atom is -0.463 e. The van der Waals surface area contributed by atoms with Crippen LogP contribution in [-0.2, 0) is 13.0 Å². The number of benzene rings is 1. The van der Waals surface area contributed by atoms with Gasteiger partial charge < -0.3 is 21.2 Å². The van der Waals surface area contributed by atoms with E-state index in [4.69, 9.17) is 16.2 Å². The second-order valence-corrected chi connectivity index (χ2v) is 8.14. The molecule has 1 aromatic carbocycles. The summed E-state index contributed by atoms with van der Waals surface area (Å²) >= 11 is 0. The predicted octanol–water partition coefficient (Wildman–Crippen LogP) is 3.00. The molecule has 2 aromatic heterocycles. The zero-order chi connectivity index (χ0) is 21.8. The minimum atomic E-state index is -0.550. The van der Waals surface area contributed by atoms with Crippen molar-refractivity contribution < 1.29 is 9.53 Å². The van der Waals surface area contributed by atoms with Crippen molar-refractivity contribution in [3.8, 4) is 6.01 Å². The van der Waals surface area contributed by atoms with Gasteiger partial charge in [0.05, 0.1) is 6.61 Å². The Kier molecular flexibility index (Phi) is 6.36. The molecule has 0 aliphatic carbocycles. The van der Waals surface area contributed by atoms with Crippen LogP contribution in [0.5, 0.6) is 6.01 Å². The van der Waals surface area contributed by atoms with Gasteiger partial charge in [-0.3, -0.25) is 9.69 Å². The highest BCUT2D eigenvalue weighted by Crippen LogP contribution is 2.28. The van der Waals surface area contributed by atoms with Crippen LogP contribution in [0.2, 0.25) is 0 Å². The van der Waals surface area contributed by atoms with Gasteiger partial charge in [0.2, 0.25) is 0 Å². The van der Waals surface area contributed by atoms with E-state index < -0.39 is 5.91 Å². The summed E-state index contributed by atoms with van der Waals surface area (Å²) < 4.78 is 5.65. The topological polar surface area (TPSA) is 123 Å². The number of carbonyl (C=O) groups is 1. The molecule has 0 spiro atoms. The number of rotatable bonds is 9. The molecule has 8 nitrogen and oxygen atoms in total. The number of hydrogen-bond donors (Lipinski definition) is 3. The molecular weight excluding hydrogens is 392 g/mol. The molecule has 31 heavy (non-hydrogen) atoms. The van der Waals surface area contributed by atoms with Crippen LogP contribution in [0.25, 0.3) is 11.0 Å². The Morgan fingerprint density at radius 2 is 1.87 bits per heavy atom. The number of fused-ring (bicyclic) bond motifs is 1. The van der Waals surface area contributed by atoms with E-state index in [1.165, 1.54) is 31.5 Å². The molecule has 0 unspecified atom stereocenters. The molecule has 0 radical (unpaired) electrons. The van der Waals surface area contributed by atoms with Gasteiger partial charge in [0, 0.05) is 18.5 Å². The summed E-state index contributed by atoms with van der Waals surface area (Å²) in [4.78, 5) is 26.3. The van der Waals surface area contributed by atoms with Crippen LogP contribution in [0.4, 0.5) is 5.82 Å². The fraction of sp³-hybridized carbons (Fsp3) is 0.435. The fourth-order valence-electron chi connectivity index (χ4n) is 4.04. The van der Waals surface area contributed by atoms with E-state index in [0.29, 0.717) is 35.3 Å². The van der Waals surface area contributed by atoms with E-state index in [0.717, 1.165) is 24.9 Å². The Balaban J connectivity index is 1.61. The molecule has 164 valence electrons. The molecule has 1 amide bonds. The lowest BCUT2D eigenvalue weighted by Crippen LogP contribution is -2.18. The molecule has 4 rings (SSSR count). The zero-order valence-electron chi connectivity index (χ0n) is 18.0. The van der Waals surface area contributed by atoms with Crippen molar-refractivity contribution in [1.29, 1.82) is 0 Å². The van der Waals surface area contributed by atoms with Gasteiger partial charge in [-0.2, -0.15) is 9.97 Å². The maximum absolute atomic E-state index is 12.1. The van der Waals surface area contributed by atoms with E-state index in [2.05, 4.69) is 51.0 Å². The van der Waals surface area contributed by atoms with Gasteiger partial charge >= 0.3 is 6.01 Å². The molecule has 8 heteroatoms. The largest absolute Gasteiger partial charge is 0.463 e. The van der Waals surface area contributed by atoms with Crippen molar-refractivity contribution >= 4 is 22.8 Å². The van der Waals surface area contributed by atoms with Crippen molar-refractivity contribution in [2.75, 3.05) is 25.4 Å². The first-order valence-corrected chi connectivity index (χ1v) is 11.0. The Morgan fingerprint density at radius 3 is 2.55 bits per heavy atom. The first-order chi connectivity index (χ1) is 15.0. The summed E-state index contributed by atoms with van der Waals surface area (Å²) in [6.45, 7) is 5.91. The third-order valence-electron chi connectivity index (χ3n) is 5.74. The van der Waals surface area contributed by atoms with Crippen LogP contribution in [0.15, 0.2) is 24.3 Å². The number of carbonyl (C=O) groups excluding carboxylic acids is 1. The molecule has 0 saturated carbocycles. The fourth-order valence-corrected chi connectivity index (χ4v) is 4.04. The minimum absolute atomic E-state index is 0.218.